The van der Waals surface area contributed by atoms with E-state index in [0.717, 1.165) is 12.8 Å². The third-order valence-corrected chi connectivity index (χ3v) is 4.16. The van der Waals surface area contributed by atoms with Crippen LogP contribution in [0.2, 0.25) is 0 Å². The summed E-state index contributed by atoms with van der Waals surface area (Å²) in [5.41, 5.74) is 0.903. The number of carbonyl (C=O) groups is 4. The summed E-state index contributed by atoms with van der Waals surface area (Å²) in [6.45, 7) is 3.00. The summed E-state index contributed by atoms with van der Waals surface area (Å²) in [7, 11) is 0. The number of hydrogen-bond acceptors (Lipinski definition) is 4. The third kappa shape index (κ3) is 5.30. The van der Waals surface area contributed by atoms with E-state index in [9.17, 15) is 24.3 Å². The van der Waals surface area contributed by atoms with Crippen LogP contribution in [0.25, 0.3) is 0 Å². The molecule has 0 bridgehead atoms. The molecule has 0 radical (unpaired) electrons. The highest BCUT2D eigenvalue weighted by Crippen LogP contribution is 2.30. The first-order chi connectivity index (χ1) is 12.3. The molecule has 1 aromatic rings. The van der Waals surface area contributed by atoms with Gasteiger partial charge >= 0.3 is 5.97 Å². The first kappa shape index (κ1) is 19.4. The van der Waals surface area contributed by atoms with Crippen molar-refractivity contribution >= 4 is 29.4 Å². The lowest BCUT2D eigenvalue weighted by molar-refractivity contribution is -0.141. The second-order valence-electron chi connectivity index (χ2n) is 6.34. The van der Waals surface area contributed by atoms with Gasteiger partial charge in [0.1, 0.15) is 6.04 Å². The predicted octanol–water partition coefficient (Wildman–Crippen LogP) is 1.09. The van der Waals surface area contributed by atoms with Gasteiger partial charge in [-0.2, -0.15) is 0 Å². The Labute approximate surface area is 151 Å². The smallest absolute Gasteiger partial charge is 0.326 e. The lowest BCUT2D eigenvalue weighted by atomic mass is 10.1. The van der Waals surface area contributed by atoms with Crippen molar-refractivity contribution in [1.29, 1.82) is 0 Å². The lowest BCUT2D eigenvalue weighted by Gasteiger charge is -2.26. The van der Waals surface area contributed by atoms with Gasteiger partial charge in [0.15, 0.2) is 0 Å². The van der Waals surface area contributed by atoms with Gasteiger partial charge in [-0.15, -0.1) is 0 Å². The van der Waals surface area contributed by atoms with Crippen molar-refractivity contribution < 1.29 is 24.3 Å². The molecule has 140 valence electrons. The van der Waals surface area contributed by atoms with E-state index >= 15 is 0 Å². The Hall–Kier alpha value is -2.90. The van der Waals surface area contributed by atoms with E-state index in [1.54, 1.807) is 24.3 Å². The van der Waals surface area contributed by atoms with Crippen LogP contribution in [0.5, 0.6) is 0 Å². The van der Waals surface area contributed by atoms with Gasteiger partial charge < -0.3 is 20.6 Å². The number of rotatable bonds is 8. The predicted molar refractivity (Wildman–Crippen MR) is 94.6 cm³/mol. The van der Waals surface area contributed by atoms with E-state index in [4.69, 9.17) is 0 Å². The molecule has 0 aromatic heterocycles. The van der Waals surface area contributed by atoms with Crippen LogP contribution in [-0.2, 0) is 14.4 Å². The number of nitrogens with zero attached hydrogens (tertiary/aromatic N) is 1. The first-order valence-corrected chi connectivity index (χ1v) is 8.48. The normalized spacial score (nSPS) is 14.2. The minimum absolute atomic E-state index is 0.0273. The molecule has 3 N–H and O–H groups in total. The molecule has 0 heterocycles. The molecule has 8 nitrogen and oxygen atoms in total. The number of carbonyl (C=O) groups excluding carboxylic acids is 3. The van der Waals surface area contributed by atoms with Crippen LogP contribution in [-0.4, -0.2) is 52.8 Å². The Bertz CT molecular complexity index is 697. The van der Waals surface area contributed by atoms with Gasteiger partial charge in [-0.1, -0.05) is 0 Å². The van der Waals surface area contributed by atoms with Crippen LogP contribution in [0.4, 0.5) is 5.69 Å². The molecule has 1 unspecified atom stereocenters. The van der Waals surface area contributed by atoms with Crippen LogP contribution in [0.15, 0.2) is 24.3 Å². The number of aliphatic carboxylic acids is 1. The quantitative estimate of drug-likeness (QED) is 0.641. The molecule has 26 heavy (non-hydrogen) atoms. The Morgan fingerprint density at radius 1 is 1.19 bits per heavy atom. The topological polar surface area (TPSA) is 116 Å². The highest BCUT2D eigenvalue weighted by atomic mass is 16.4. The number of carboxylic acid groups (broad SMARTS) is 1. The number of amides is 3. The van der Waals surface area contributed by atoms with Crippen LogP contribution >= 0.6 is 0 Å². The SMILES string of the molecule is CC(=O)NCCN(C(=O)c1ccc(NC(=O)C2CC2)cc1)C(C)C(=O)O. The Balaban J connectivity index is 2.06. The minimum atomic E-state index is -1.13. The Kier molecular flexibility index (Phi) is 6.32. The van der Waals surface area contributed by atoms with Crippen molar-refractivity contribution in [3.8, 4) is 0 Å². The van der Waals surface area contributed by atoms with E-state index < -0.39 is 17.9 Å². The zero-order valence-corrected chi connectivity index (χ0v) is 14.8. The highest BCUT2D eigenvalue weighted by Gasteiger charge is 2.30. The number of nitrogens with one attached hydrogen (secondary N) is 2. The monoisotopic (exact) mass is 361 g/mol. The van der Waals surface area contributed by atoms with Crippen molar-refractivity contribution in [3.63, 3.8) is 0 Å². The molecule has 1 fully saturated rings. The Morgan fingerprint density at radius 3 is 2.31 bits per heavy atom. The van der Waals surface area contributed by atoms with Gasteiger partial charge in [-0.05, 0) is 44.0 Å². The molecule has 0 spiro atoms. The maximum atomic E-state index is 12.7. The molecule has 1 aliphatic carbocycles. The molecular formula is C18H23N3O5. The van der Waals surface area contributed by atoms with Crippen molar-refractivity contribution in [2.24, 2.45) is 5.92 Å². The van der Waals surface area contributed by atoms with Crippen molar-refractivity contribution in [1.82, 2.24) is 10.2 Å². The molecule has 8 heteroatoms. The first-order valence-electron chi connectivity index (χ1n) is 8.48. The molecule has 1 aliphatic rings. The van der Waals surface area contributed by atoms with E-state index in [2.05, 4.69) is 10.6 Å². The number of hydrogen-bond donors (Lipinski definition) is 3. The maximum absolute atomic E-state index is 12.7. The fourth-order valence-corrected chi connectivity index (χ4v) is 2.41. The lowest BCUT2D eigenvalue weighted by Crippen LogP contribution is -2.46. The zero-order chi connectivity index (χ0) is 19.3. The molecule has 0 aliphatic heterocycles. The molecule has 1 atom stereocenters. The molecule has 3 amide bonds. The van der Waals surface area contributed by atoms with Gasteiger partial charge in [0.25, 0.3) is 5.91 Å². The van der Waals surface area contributed by atoms with Crippen LogP contribution in [0, 0.1) is 5.92 Å². The molecule has 1 saturated carbocycles. The average molecular weight is 361 g/mol. The van der Waals surface area contributed by atoms with Gasteiger partial charge in [-0.3, -0.25) is 14.4 Å². The number of benzene rings is 1. The number of carboxylic acids is 1. The van der Waals surface area contributed by atoms with Crippen LogP contribution in [0.1, 0.15) is 37.0 Å². The van der Waals surface area contributed by atoms with Gasteiger partial charge in [0.2, 0.25) is 11.8 Å². The fourth-order valence-electron chi connectivity index (χ4n) is 2.41. The second kappa shape index (κ2) is 8.46. The van der Waals surface area contributed by atoms with E-state index in [1.807, 2.05) is 0 Å². The van der Waals surface area contributed by atoms with E-state index in [-0.39, 0.29) is 30.8 Å². The summed E-state index contributed by atoms with van der Waals surface area (Å²) in [4.78, 5) is 47.9. The largest absolute Gasteiger partial charge is 0.480 e. The zero-order valence-electron chi connectivity index (χ0n) is 14.8. The summed E-state index contributed by atoms with van der Waals surface area (Å²) in [5.74, 6) is -1.78. The second-order valence-corrected chi connectivity index (χ2v) is 6.34. The third-order valence-electron chi connectivity index (χ3n) is 4.16. The minimum Gasteiger partial charge on any atom is -0.480 e. The average Bonchev–Trinajstić information content (AvgIpc) is 3.43. The van der Waals surface area contributed by atoms with Crippen molar-refractivity contribution in [2.75, 3.05) is 18.4 Å². The fraction of sp³-hybridized carbons (Fsp3) is 0.444. The maximum Gasteiger partial charge on any atom is 0.326 e. The number of anilines is 1. The Morgan fingerprint density at radius 2 is 1.81 bits per heavy atom. The molecule has 2 rings (SSSR count). The summed E-state index contributed by atoms with van der Waals surface area (Å²) in [6, 6.07) is 5.29. The van der Waals surface area contributed by atoms with Crippen LogP contribution < -0.4 is 10.6 Å². The highest BCUT2D eigenvalue weighted by molar-refractivity contribution is 5.98. The summed E-state index contributed by atoms with van der Waals surface area (Å²) in [5, 5.41) is 14.6. The van der Waals surface area contributed by atoms with E-state index in [0.29, 0.717) is 11.3 Å². The molecule has 0 saturated heterocycles. The van der Waals surface area contributed by atoms with Crippen molar-refractivity contribution in [2.45, 2.75) is 32.7 Å². The van der Waals surface area contributed by atoms with Gasteiger partial charge in [0.05, 0.1) is 0 Å². The summed E-state index contributed by atoms with van der Waals surface area (Å²) < 4.78 is 0. The molecule has 1 aromatic carbocycles. The van der Waals surface area contributed by atoms with Crippen molar-refractivity contribution in [3.05, 3.63) is 29.8 Å². The standard InChI is InChI=1S/C18H23N3O5/c1-11(18(25)26)21(10-9-19-12(2)22)17(24)14-5-7-15(8-6-14)20-16(23)13-3-4-13/h5-8,11,13H,3-4,9-10H2,1-2H3,(H,19,22)(H,20,23)(H,25,26). The summed E-state index contributed by atoms with van der Waals surface area (Å²) >= 11 is 0. The van der Waals surface area contributed by atoms with E-state index in [1.165, 1.54) is 18.7 Å². The molecular weight excluding hydrogens is 338 g/mol. The van der Waals surface area contributed by atoms with Gasteiger partial charge in [0, 0.05) is 37.2 Å². The van der Waals surface area contributed by atoms with Gasteiger partial charge in [-0.25, -0.2) is 4.79 Å². The summed E-state index contributed by atoms with van der Waals surface area (Å²) in [6.07, 6.45) is 1.80. The van der Waals surface area contributed by atoms with Crippen LogP contribution in [0.3, 0.4) is 0 Å².